The summed E-state index contributed by atoms with van der Waals surface area (Å²) < 4.78 is 1.94. The first-order valence-corrected chi connectivity index (χ1v) is 6.80. The standard InChI is InChI=1S/C16H18N4/c1-11(2)13-7-5-12(6-8-13)10-20-15-14(19-16(20)17)4-3-9-18-15/h3-9,11H,10H2,1-2H3,(H2,17,19). The summed E-state index contributed by atoms with van der Waals surface area (Å²) in [6.45, 7) is 5.08. The molecule has 0 spiro atoms. The van der Waals surface area contributed by atoms with Crippen molar-refractivity contribution in [2.24, 2.45) is 0 Å². The Bertz CT molecular complexity index is 726. The van der Waals surface area contributed by atoms with E-state index in [0.717, 1.165) is 11.2 Å². The van der Waals surface area contributed by atoms with Crippen molar-refractivity contribution >= 4 is 17.1 Å². The monoisotopic (exact) mass is 266 g/mol. The van der Waals surface area contributed by atoms with Crippen LogP contribution in [0.5, 0.6) is 0 Å². The quantitative estimate of drug-likeness (QED) is 0.792. The molecule has 0 aliphatic rings. The van der Waals surface area contributed by atoms with Crippen LogP contribution in [0.3, 0.4) is 0 Å². The van der Waals surface area contributed by atoms with E-state index in [4.69, 9.17) is 5.73 Å². The summed E-state index contributed by atoms with van der Waals surface area (Å²) in [5.41, 5.74) is 10.2. The van der Waals surface area contributed by atoms with Gasteiger partial charge in [0.05, 0.1) is 6.54 Å². The summed E-state index contributed by atoms with van der Waals surface area (Å²) in [4.78, 5) is 8.70. The molecule has 3 rings (SSSR count). The van der Waals surface area contributed by atoms with Crippen molar-refractivity contribution in [3.05, 3.63) is 53.7 Å². The fraction of sp³-hybridized carbons (Fsp3) is 0.250. The number of rotatable bonds is 3. The SMILES string of the molecule is CC(C)c1ccc(Cn2c(N)nc3cccnc32)cc1. The van der Waals surface area contributed by atoms with Gasteiger partial charge >= 0.3 is 0 Å². The number of fused-ring (bicyclic) bond motifs is 1. The molecule has 0 radical (unpaired) electrons. The van der Waals surface area contributed by atoms with Gasteiger partial charge in [-0.3, -0.25) is 4.57 Å². The van der Waals surface area contributed by atoms with Crippen molar-refractivity contribution in [2.75, 3.05) is 5.73 Å². The largest absolute Gasteiger partial charge is 0.369 e. The smallest absolute Gasteiger partial charge is 0.202 e. The minimum atomic E-state index is 0.506. The van der Waals surface area contributed by atoms with Crippen molar-refractivity contribution in [2.45, 2.75) is 26.3 Å². The van der Waals surface area contributed by atoms with E-state index in [1.54, 1.807) is 6.20 Å². The summed E-state index contributed by atoms with van der Waals surface area (Å²) in [6, 6.07) is 12.4. The number of hydrogen-bond donors (Lipinski definition) is 1. The molecule has 2 aromatic heterocycles. The number of nitrogen functional groups attached to an aromatic ring is 1. The summed E-state index contributed by atoms with van der Waals surface area (Å²) in [5, 5.41) is 0. The molecule has 0 bridgehead atoms. The zero-order valence-electron chi connectivity index (χ0n) is 11.7. The third-order valence-electron chi connectivity index (χ3n) is 3.52. The maximum atomic E-state index is 5.99. The highest BCUT2D eigenvalue weighted by Crippen LogP contribution is 2.19. The number of benzene rings is 1. The van der Waals surface area contributed by atoms with Gasteiger partial charge in [-0.2, -0.15) is 0 Å². The van der Waals surface area contributed by atoms with Crippen molar-refractivity contribution in [3.63, 3.8) is 0 Å². The molecule has 4 nitrogen and oxygen atoms in total. The van der Waals surface area contributed by atoms with Crippen molar-refractivity contribution in [1.82, 2.24) is 14.5 Å². The van der Waals surface area contributed by atoms with Crippen LogP contribution in [-0.4, -0.2) is 14.5 Å². The Morgan fingerprint density at radius 2 is 1.90 bits per heavy atom. The Hall–Kier alpha value is -2.36. The van der Waals surface area contributed by atoms with Gasteiger partial charge < -0.3 is 5.73 Å². The molecule has 2 heterocycles. The summed E-state index contributed by atoms with van der Waals surface area (Å²) >= 11 is 0. The first-order valence-electron chi connectivity index (χ1n) is 6.80. The van der Waals surface area contributed by atoms with Crippen LogP contribution in [0.15, 0.2) is 42.6 Å². The lowest BCUT2D eigenvalue weighted by molar-refractivity contribution is 0.821. The lowest BCUT2D eigenvalue weighted by Gasteiger charge is -2.09. The van der Waals surface area contributed by atoms with Crippen molar-refractivity contribution in [1.29, 1.82) is 0 Å². The minimum Gasteiger partial charge on any atom is -0.369 e. The van der Waals surface area contributed by atoms with Crippen LogP contribution in [0.4, 0.5) is 5.95 Å². The number of nitrogens with two attached hydrogens (primary N) is 1. The van der Waals surface area contributed by atoms with E-state index in [9.17, 15) is 0 Å². The Morgan fingerprint density at radius 3 is 2.60 bits per heavy atom. The van der Waals surface area contributed by atoms with Gasteiger partial charge in [0.2, 0.25) is 5.95 Å². The number of imidazole rings is 1. The van der Waals surface area contributed by atoms with Gasteiger partial charge in [-0.15, -0.1) is 0 Å². The second kappa shape index (κ2) is 4.96. The Kier molecular flexibility index (Phi) is 3.14. The van der Waals surface area contributed by atoms with Gasteiger partial charge in [-0.1, -0.05) is 38.1 Å². The fourth-order valence-electron chi connectivity index (χ4n) is 2.32. The highest BCUT2D eigenvalue weighted by Gasteiger charge is 2.09. The molecule has 20 heavy (non-hydrogen) atoms. The van der Waals surface area contributed by atoms with E-state index in [2.05, 4.69) is 48.1 Å². The van der Waals surface area contributed by atoms with Gasteiger partial charge in [0.15, 0.2) is 5.65 Å². The molecule has 1 aromatic carbocycles. The molecule has 102 valence electrons. The van der Waals surface area contributed by atoms with Crippen LogP contribution in [0, 0.1) is 0 Å². The topological polar surface area (TPSA) is 56.7 Å². The van der Waals surface area contributed by atoms with E-state index in [1.165, 1.54) is 11.1 Å². The Labute approximate surface area is 118 Å². The molecule has 0 fully saturated rings. The molecule has 3 aromatic rings. The molecule has 0 aliphatic heterocycles. The minimum absolute atomic E-state index is 0.506. The molecule has 0 unspecified atom stereocenters. The highest BCUT2D eigenvalue weighted by molar-refractivity contribution is 5.73. The van der Waals surface area contributed by atoms with Crippen LogP contribution < -0.4 is 5.73 Å². The number of hydrogen-bond acceptors (Lipinski definition) is 3. The third-order valence-corrected chi connectivity index (χ3v) is 3.52. The summed E-state index contributed by atoms with van der Waals surface area (Å²) in [7, 11) is 0. The van der Waals surface area contributed by atoms with Crippen LogP contribution in [0.1, 0.15) is 30.9 Å². The fourth-order valence-corrected chi connectivity index (χ4v) is 2.32. The average Bonchev–Trinajstić information content (AvgIpc) is 2.76. The number of aromatic nitrogens is 3. The predicted octanol–water partition coefficient (Wildman–Crippen LogP) is 3.19. The van der Waals surface area contributed by atoms with E-state index in [0.29, 0.717) is 18.4 Å². The molecule has 0 amide bonds. The van der Waals surface area contributed by atoms with Crippen LogP contribution in [0.25, 0.3) is 11.2 Å². The summed E-state index contributed by atoms with van der Waals surface area (Å²) in [6.07, 6.45) is 1.77. The second-order valence-corrected chi connectivity index (χ2v) is 5.30. The Balaban J connectivity index is 1.94. The van der Waals surface area contributed by atoms with Gasteiger partial charge in [-0.05, 0) is 29.2 Å². The van der Waals surface area contributed by atoms with E-state index < -0.39 is 0 Å². The number of nitrogens with zero attached hydrogens (tertiary/aromatic N) is 3. The second-order valence-electron chi connectivity index (χ2n) is 5.30. The van der Waals surface area contributed by atoms with Crippen LogP contribution >= 0.6 is 0 Å². The van der Waals surface area contributed by atoms with Gasteiger partial charge in [0.1, 0.15) is 5.52 Å². The average molecular weight is 266 g/mol. The zero-order valence-corrected chi connectivity index (χ0v) is 11.7. The lowest BCUT2D eigenvalue weighted by atomic mass is 10.0. The molecular weight excluding hydrogens is 248 g/mol. The highest BCUT2D eigenvalue weighted by atomic mass is 15.2. The van der Waals surface area contributed by atoms with E-state index >= 15 is 0 Å². The first kappa shape index (κ1) is 12.7. The summed E-state index contributed by atoms with van der Waals surface area (Å²) in [5.74, 6) is 1.05. The van der Waals surface area contributed by atoms with Crippen LogP contribution in [-0.2, 0) is 6.54 Å². The predicted molar refractivity (Wildman–Crippen MR) is 81.6 cm³/mol. The van der Waals surface area contributed by atoms with E-state index in [1.807, 2.05) is 16.7 Å². The molecule has 0 aliphatic carbocycles. The zero-order chi connectivity index (χ0) is 14.1. The molecule has 4 heteroatoms. The molecular formula is C16H18N4. The van der Waals surface area contributed by atoms with Crippen LogP contribution in [0.2, 0.25) is 0 Å². The lowest BCUT2D eigenvalue weighted by Crippen LogP contribution is -2.05. The molecule has 0 atom stereocenters. The molecule has 0 saturated heterocycles. The van der Waals surface area contributed by atoms with Gasteiger partial charge in [0.25, 0.3) is 0 Å². The normalized spacial score (nSPS) is 11.3. The van der Waals surface area contributed by atoms with Crippen molar-refractivity contribution in [3.8, 4) is 0 Å². The first-order chi connectivity index (χ1) is 9.65. The van der Waals surface area contributed by atoms with Gasteiger partial charge in [-0.25, -0.2) is 9.97 Å². The van der Waals surface area contributed by atoms with E-state index in [-0.39, 0.29) is 0 Å². The number of pyridine rings is 1. The third kappa shape index (κ3) is 2.25. The Morgan fingerprint density at radius 1 is 1.15 bits per heavy atom. The molecule has 2 N–H and O–H groups in total. The molecule has 0 saturated carbocycles. The maximum absolute atomic E-state index is 5.99. The number of anilines is 1. The van der Waals surface area contributed by atoms with Gasteiger partial charge in [0, 0.05) is 6.20 Å². The van der Waals surface area contributed by atoms with Crippen molar-refractivity contribution < 1.29 is 0 Å². The maximum Gasteiger partial charge on any atom is 0.202 e.